The SMILES string of the molecule is O=C(Oc1cc(F)cc(F)c1)c1cc(F)cc(C(F)(F)F)c1. The molecule has 0 heterocycles. The van der Waals surface area contributed by atoms with Crippen molar-refractivity contribution in [2.24, 2.45) is 0 Å². The Kier molecular flexibility index (Phi) is 4.11. The second-order valence-corrected chi connectivity index (χ2v) is 4.22. The van der Waals surface area contributed by atoms with E-state index >= 15 is 0 Å². The summed E-state index contributed by atoms with van der Waals surface area (Å²) < 4.78 is 81.1. The van der Waals surface area contributed by atoms with Gasteiger partial charge in [0.25, 0.3) is 0 Å². The molecular weight excluding hydrogens is 314 g/mol. The Labute approximate surface area is 119 Å². The molecular formula is C14H6F6O2. The van der Waals surface area contributed by atoms with Gasteiger partial charge in [0.15, 0.2) is 0 Å². The zero-order valence-corrected chi connectivity index (χ0v) is 10.5. The molecule has 0 unspecified atom stereocenters. The van der Waals surface area contributed by atoms with E-state index in [1.165, 1.54) is 0 Å². The Morgan fingerprint density at radius 1 is 0.818 bits per heavy atom. The van der Waals surface area contributed by atoms with Crippen LogP contribution in [0.3, 0.4) is 0 Å². The average Bonchev–Trinajstić information content (AvgIpc) is 2.35. The molecule has 116 valence electrons. The Hall–Kier alpha value is -2.51. The molecule has 0 atom stereocenters. The summed E-state index contributed by atoms with van der Waals surface area (Å²) in [4.78, 5) is 11.7. The van der Waals surface area contributed by atoms with Crippen LogP contribution in [0.1, 0.15) is 15.9 Å². The molecule has 0 amide bonds. The van der Waals surface area contributed by atoms with E-state index in [2.05, 4.69) is 4.74 Å². The molecule has 0 spiro atoms. The fraction of sp³-hybridized carbons (Fsp3) is 0.0714. The summed E-state index contributed by atoms with van der Waals surface area (Å²) in [6.45, 7) is 0. The van der Waals surface area contributed by atoms with Gasteiger partial charge < -0.3 is 4.74 Å². The van der Waals surface area contributed by atoms with Crippen molar-refractivity contribution in [2.75, 3.05) is 0 Å². The van der Waals surface area contributed by atoms with Crippen LogP contribution in [-0.2, 0) is 6.18 Å². The van der Waals surface area contributed by atoms with Crippen molar-refractivity contribution in [2.45, 2.75) is 6.18 Å². The third-order valence-corrected chi connectivity index (χ3v) is 2.51. The van der Waals surface area contributed by atoms with Crippen LogP contribution >= 0.6 is 0 Å². The maximum Gasteiger partial charge on any atom is 0.416 e. The largest absolute Gasteiger partial charge is 0.423 e. The van der Waals surface area contributed by atoms with Gasteiger partial charge in [-0.25, -0.2) is 18.0 Å². The smallest absolute Gasteiger partial charge is 0.416 e. The van der Waals surface area contributed by atoms with Crippen molar-refractivity contribution >= 4 is 5.97 Å². The third-order valence-electron chi connectivity index (χ3n) is 2.51. The van der Waals surface area contributed by atoms with E-state index in [0.29, 0.717) is 30.3 Å². The van der Waals surface area contributed by atoms with Crippen LogP contribution in [0, 0.1) is 17.5 Å². The quantitative estimate of drug-likeness (QED) is 0.467. The third kappa shape index (κ3) is 3.78. The van der Waals surface area contributed by atoms with Crippen molar-refractivity contribution in [3.05, 3.63) is 65.0 Å². The molecule has 0 fully saturated rings. The highest BCUT2D eigenvalue weighted by Gasteiger charge is 2.32. The normalized spacial score (nSPS) is 11.4. The monoisotopic (exact) mass is 320 g/mol. The molecule has 0 aliphatic heterocycles. The number of hydrogen-bond donors (Lipinski definition) is 0. The van der Waals surface area contributed by atoms with Crippen molar-refractivity contribution in [3.8, 4) is 5.75 Å². The summed E-state index contributed by atoms with van der Waals surface area (Å²) >= 11 is 0. The number of hydrogen-bond acceptors (Lipinski definition) is 2. The van der Waals surface area contributed by atoms with Crippen LogP contribution in [0.25, 0.3) is 0 Å². The molecule has 2 aromatic rings. The molecule has 0 bridgehead atoms. The van der Waals surface area contributed by atoms with E-state index in [-0.39, 0.29) is 6.07 Å². The highest BCUT2D eigenvalue weighted by Crippen LogP contribution is 2.30. The zero-order chi connectivity index (χ0) is 16.5. The summed E-state index contributed by atoms with van der Waals surface area (Å²) in [6.07, 6.45) is -4.86. The van der Waals surface area contributed by atoms with E-state index in [4.69, 9.17) is 0 Å². The first-order chi connectivity index (χ1) is 10.1. The highest BCUT2D eigenvalue weighted by molar-refractivity contribution is 5.91. The Morgan fingerprint density at radius 2 is 1.36 bits per heavy atom. The molecule has 0 aromatic heterocycles. The van der Waals surface area contributed by atoms with Gasteiger partial charge in [-0.2, -0.15) is 13.2 Å². The number of carbonyl (C=O) groups excluding carboxylic acids is 1. The molecule has 0 aliphatic rings. The standard InChI is InChI=1S/C14H6F6O2/c15-9-2-7(1-8(3-9)14(18,19)20)13(21)22-12-5-10(16)4-11(17)6-12/h1-6H. The molecule has 2 nitrogen and oxygen atoms in total. The molecule has 22 heavy (non-hydrogen) atoms. The Bertz CT molecular complexity index is 704. The minimum atomic E-state index is -4.86. The lowest BCUT2D eigenvalue weighted by molar-refractivity contribution is -0.137. The van der Waals surface area contributed by atoms with Gasteiger partial charge in [0.05, 0.1) is 11.1 Å². The summed E-state index contributed by atoms with van der Waals surface area (Å²) in [5.41, 5.74) is -2.12. The summed E-state index contributed by atoms with van der Waals surface area (Å²) in [5.74, 6) is -5.32. The molecule has 0 saturated heterocycles. The predicted molar refractivity (Wildman–Crippen MR) is 62.7 cm³/mol. The van der Waals surface area contributed by atoms with E-state index in [1.54, 1.807) is 0 Å². The van der Waals surface area contributed by atoms with Crippen LogP contribution in [0.5, 0.6) is 5.75 Å². The number of halogens is 6. The van der Waals surface area contributed by atoms with E-state index in [0.717, 1.165) is 0 Å². The van der Waals surface area contributed by atoms with Gasteiger partial charge >= 0.3 is 12.1 Å². The highest BCUT2D eigenvalue weighted by atomic mass is 19.4. The minimum Gasteiger partial charge on any atom is -0.423 e. The van der Waals surface area contributed by atoms with Gasteiger partial charge in [-0.1, -0.05) is 0 Å². The zero-order valence-electron chi connectivity index (χ0n) is 10.5. The lowest BCUT2D eigenvalue weighted by Gasteiger charge is -2.09. The van der Waals surface area contributed by atoms with Crippen molar-refractivity contribution in [3.63, 3.8) is 0 Å². The number of carbonyl (C=O) groups is 1. The van der Waals surface area contributed by atoms with Gasteiger partial charge in [0, 0.05) is 18.2 Å². The van der Waals surface area contributed by atoms with Gasteiger partial charge in [0.2, 0.25) is 0 Å². The number of ether oxygens (including phenoxy) is 1. The van der Waals surface area contributed by atoms with E-state index in [1.807, 2.05) is 0 Å². The lowest BCUT2D eigenvalue weighted by atomic mass is 10.1. The molecule has 0 saturated carbocycles. The molecule has 2 rings (SSSR count). The van der Waals surface area contributed by atoms with E-state index < -0.39 is 46.5 Å². The van der Waals surface area contributed by atoms with Gasteiger partial charge in [0.1, 0.15) is 23.2 Å². The average molecular weight is 320 g/mol. The van der Waals surface area contributed by atoms with Gasteiger partial charge in [-0.3, -0.25) is 0 Å². The van der Waals surface area contributed by atoms with Crippen LogP contribution in [0.15, 0.2) is 36.4 Å². The molecule has 8 heteroatoms. The summed E-state index contributed by atoms with van der Waals surface area (Å²) in [5, 5.41) is 0. The molecule has 2 aromatic carbocycles. The first kappa shape index (κ1) is 15.9. The van der Waals surface area contributed by atoms with Crippen LogP contribution in [0.4, 0.5) is 26.3 Å². The van der Waals surface area contributed by atoms with Crippen LogP contribution < -0.4 is 4.74 Å². The predicted octanol–water partition coefficient (Wildman–Crippen LogP) is 4.34. The van der Waals surface area contributed by atoms with Crippen LogP contribution in [-0.4, -0.2) is 5.97 Å². The second kappa shape index (κ2) is 5.70. The van der Waals surface area contributed by atoms with Crippen LogP contribution in [0.2, 0.25) is 0 Å². The summed E-state index contributed by atoms with van der Waals surface area (Å²) in [7, 11) is 0. The molecule has 0 N–H and O–H groups in total. The van der Waals surface area contributed by atoms with Gasteiger partial charge in [-0.15, -0.1) is 0 Å². The topological polar surface area (TPSA) is 26.3 Å². The minimum absolute atomic E-state index is 0.207. The molecule has 0 radical (unpaired) electrons. The maximum atomic E-state index is 13.2. The van der Waals surface area contributed by atoms with Crippen molar-refractivity contribution in [1.82, 2.24) is 0 Å². The number of esters is 1. The first-order valence-corrected chi connectivity index (χ1v) is 5.71. The second-order valence-electron chi connectivity index (χ2n) is 4.22. The number of rotatable bonds is 2. The van der Waals surface area contributed by atoms with Crippen molar-refractivity contribution in [1.29, 1.82) is 0 Å². The van der Waals surface area contributed by atoms with Crippen molar-refractivity contribution < 1.29 is 35.9 Å². The van der Waals surface area contributed by atoms with Gasteiger partial charge in [-0.05, 0) is 18.2 Å². The number of benzene rings is 2. The summed E-state index contributed by atoms with van der Waals surface area (Å²) in [6, 6.07) is 2.93. The molecule has 0 aliphatic carbocycles. The fourth-order valence-corrected chi connectivity index (χ4v) is 1.62. The first-order valence-electron chi connectivity index (χ1n) is 5.71. The number of alkyl halides is 3. The van der Waals surface area contributed by atoms with E-state index in [9.17, 15) is 31.1 Å². The lowest BCUT2D eigenvalue weighted by Crippen LogP contribution is -2.12. The maximum absolute atomic E-state index is 13.2. The fourth-order valence-electron chi connectivity index (χ4n) is 1.62. The Morgan fingerprint density at radius 3 is 1.91 bits per heavy atom. The Balaban J connectivity index is 2.31.